The highest BCUT2D eigenvalue weighted by Gasteiger charge is 2.24. The molecule has 4 heterocycles. The third kappa shape index (κ3) is 11.7. The SMILES string of the molecule is CNC(=O)[C@@H](C)Cn1cnc2ccc(-c3cnc(OC)c(NS(=O)(=O)c4ccccc4F)c3)cc2c1=O.CNC(=O)[C@H](C)Cn1cnc2ccc(-c3cnc(OC)c(NS(=O)(=O)c4ccccc4F)c3)cc2c1=O. The van der Waals surface area contributed by atoms with Crippen molar-refractivity contribution < 1.29 is 44.7 Å². The van der Waals surface area contributed by atoms with Gasteiger partial charge in [0.15, 0.2) is 0 Å². The van der Waals surface area contributed by atoms with Gasteiger partial charge in [-0.05, 0) is 71.8 Å². The first-order valence-electron chi connectivity index (χ1n) is 22.3. The lowest BCUT2D eigenvalue weighted by atomic mass is 10.0. The van der Waals surface area contributed by atoms with Crippen molar-refractivity contribution in [3.05, 3.63) is 154 Å². The number of methoxy groups -OCH3 is 2. The maximum absolute atomic E-state index is 14.2. The molecule has 8 aromatic rings. The number of fused-ring (bicyclic) bond motifs is 2. The molecular formula is C50H48F2N10O10S2. The standard InChI is InChI=1S/2C25H24FN5O5S/c2*1-15(23(32)27-2)13-31-14-29-20-9-8-16(10-18(20)25(31)33)17-11-21(24(36-3)28-12-17)30-37(34,35)22-7-5-4-6-19(22)26/h2*4-12,14-15,30H,13H2,1-3H3,(H,27,32)/t2*15-/m10/s1. The third-order valence-corrected chi connectivity index (χ3v) is 14.3. The molecule has 0 unspecified atom stereocenters. The summed E-state index contributed by atoms with van der Waals surface area (Å²) in [7, 11) is -2.86. The summed E-state index contributed by atoms with van der Waals surface area (Å²) in [6.07, 6.45) is 5.72. The molecule has 8 rings (SSSR count). The average molecular weight is 1050 g/mol. The topological polar surface area (TPSA) is 265 Å². The van der Waals surface area contributed by atoms with Gasteiger partial charge in [-0.2, -0.15) is 0 Å². The van der Waals surface area contributed by atoms with Crippen LogP contribution in [-0.4, -0.2) is 86.0 Å². The number of nitrogens with zero attached hydrogens (tertiary/aromatic N) is 6. The minimum absolute atomic E-state index is 0.00801. The van der Waals surface area contributed by atoms with Crippen molar-refractivity contribution in [2.45, 2.75) is 36.7 Å². The van der Waals surface area contributed by atoms with Gasteiger partial charge in [-0.15, -0.1) is 0 Å². The summed E-state index contributed by atoms with van der Waals surface area (Å²) in [5, 5.41) is 5.74. The predicted octanol–water partition coefficient (Wildman–Crippen LogP) is 5.58. The maximum Gasteiger partial charge on any atom is 0.264 e. The molecule has 74 heavy (non-hydrogen) atoms. The molecule has 4 aromatic heterocycles. The Balaban J connectivity index is 0.000000216. The van der Waals surface area contributed by atoms with Crippen LogP contribution in [0.25, 0.3) is 44.1 Å². The second kappa shape index (κ2) is 22.4. The zero-order valence-electron chi connectivity index (χ0n) is 40.5. The number of hydrogen-bond donors (Lipinski definition) is 4. The van der Waals surface area contributed by atoms with Gasteiger partial charge in [0, 0.05) is 50.7 Å². The van der Waals surface area contributed by atoms with Gasteiger partial charge in [0.25, 0.3) is 31.2 Å². The molecule has 0 aliphatic heterocycles. The second-order valence-electron chi connectivity index (χ2n) is 16.5. The van der Waals surface area contributed by atoms with Gasteiger partial charge < -0.3 is 20.1 Å². The number of amides is 2. The number of pyridine rings is 2. The quantitative estimate of drug-likeness (QED) is 0.0921. The lowest BCUT2D eigenvalue weighted by molar-refractivity contribution is -0.125. The fourth-order valence-electron chi connectivity index (χ4n) is 7.60. The highest BCUT2D eigenvalue weighted by molar-refractivity contribution is 7.93. The number of carbonyl (C=O) groups is 2. The number of carbonyl (C=O) groups excluding carboxylic acids is 2. The van der Waals surface area contributed by atoms with Gasteiger partial charge in [0.1, 0.15) is 32.8 Å². The first kappa shape index (κ1) is 53.2. The van der Waals surface area contributed by atoms with Crippen LogP contribution in [0.2, 0.25) is 0 Å². The van der Waals surface area contributed by atoms with E-state index >= 15 is 0 Å². The van der Waals surface area contributed by atoms with Crippen molar-refractivity contribution >= 4 is 65.0 Å². The first-order valence-corrected chi connectivity index (χ1v) is 25.3. The zero-order chi connectivity index (χ0) is 53.5. The average Bonchev–Trinajstić information content (AvgIpc) is 3.39. The Bertz CT molecular complexity index is 3560. The number of halogens is 2. The number of rotatable bonds is 16. The summed E-state index contributed by atoms with van der Waals surface area (Å²) in [4.78, 5) is 66.0. The highest BCUT2D eigenvalue weighted by Crippen LogP contribution is 2.33. The van der Waals surface area contributed by atoms with E-state index in [0.717, 1.165) is 24.3 Å². The van der Waals surface area contributed by atoms with Crippen LogP contribution in [-0.2, 0) is 42.7 Å². The van der Waals surface area contributed by atoms with Crippen LogP contribution < -0.4 is 40.7 Å². The van der Waals surface area contributed by atoms with E-state index in [1.165, 1.54) is 98.9 Å². The van der Waals surface area contributed by atoms with Crippen LogP contribution >= 0.6 is 0 Å². The van der Waals surface area contributed by atoms with Crippen LogP contribution in [0.5, 0.6) is 11.8 Å². The molecule has 0 fully saturated rings. The van der Waals surface area contributed by atoms with Crippen molar-refractivity contribution in [2.24, 2.45) is 11.8 Å². The van der Waals surface area contributed by atoms with Crippen molar-refractivity contribution in [1.29, 1.82) is 0 Å². The molecular weight excluding hydrogens is 1000 g/mol. The van der Waals surface area contributed by atoms with E-state index in [4.69, 9.17) is 9.47 Å². The van der Waals surface area contributed by atoms with Crippen LogP contribution in [0.1, 0.15) is 13.8 Å². The van der Waals surface area contributed by atoms with E-state index in [2.05, 4.69) is 40.0 Å². The molecule has 24 heteroatoms. The number of ether oxygens (including phenoxy) is 2. The number of aromatic nitrogens is 6. The number of hydrogen-bond acceptors (Lipinski definition) is 14. The molecule has 0 bridgehead atoms. The number of benzene rings is 4. The summed E-state index contributed by atoms with van der Waals surface area (Å²) in [5.74, 6) is -3.12. The van der Waals surface area contributed by atoms with Crippen molar-refractivity contribution in [1.82, 2.24) is 39.7 Å². The lowest BCUT2D eigenvalue weighted by Crippen LogP contribution is -2.32. The fraction of sp³-hybridized carbons (Fsp3) is 0.200. The first-order chi connectivity index (χ1) is 35.3. The van der Waals surface area contributed by atoms with E-state index in [1.807, 2.05) is 0 Å². The summed E-state index contributed by atoms with van der Waals surface area (Å²) < 4.78 is 97.4. The Morgan fingerprint density at radius 3 is 1.30 bits per heavy atom. The second-order valence-corrected chi connectivity index (χ2v) is 19.8. The summed E-state index contributed by atoms with van der Waals surface area (Å²) in [5.41, 5.74) is 2.31. The van der Waals surface area contributed by atoms with E-state index in [1.54, 1.807) is 50.2 Å². The lowest BCUT2D eigenvalue weighted by Gasteiger charge is -2.14. The van der Waals surface area contributed by atoms with Gasteiger partial charge in [0.05, 0.1) is 60.5 Å². The minimum atomic E-state index is -4.28. The highest BCUT2D eigenvalue weighted by atomic mass is 32.2. The van der Waals surface area contributed by atoms with Crippen molar-refractivity contribution in [2.75, 3.05) is 37.8 Å². The van der Waals surface area contributed by atoms with Gasteiger partial charge >= 0.3 is 0 Å². The van der Waals surface area contributed by atoms with Crippen molar-refractivity contribution in [3.8, 4) is 34.0 Å². The zero-order valence-corrected chi connectivity index (χ0v) is 42.1. The molecule has 2 atom stereocenters. The number of nitrogens with one attached hydrogen (secondary N) is 4. The number of sulfonamides is 2. The van der Waals surface area contributed by atoms with Crippen LogP contribution in [0, 0.1) is 23.5 Å². The molecule has 0 aliphatic rings. The van der Waals surface area contributed by atoms with Crippen LogP contribution in [0.15, 0.2) is 141 Å². The van der Waals surface area contributed by atoms with Crippen molar-refractivity contribution in [3.63, 3.8) is 0 Å². The smallest absolute Gasteiger partial charge is 0.264 e. The summed E-state index contributed by atoms with van der Waals surface area (Å²) in [6.45, 7) is 3.72. The molecule has 0 aliphatic carbocycles. The molecule has 2 amide bonds. The summed E-state index contributed by atoms with van der Waals surface area (Å²) in [6, 6.07) is 22.9. The van der Waals surface area contributed by atoms with Gasteiger partial charge in [-0.3, -0.25) is 37.8 Å². The summed E-state index contributed by atoms with van der Waals surface area (Å²) >= 11 is 0. The molecule has 20 nitrogen and oxygen atoms in total. The van der Waals surface area contributed by atoms with Crippen LogP contribution in [0.3, 0.4) is 0 Å². The Labute approximate surface area is 422 Å². The Morgan fingerprint density at radius 2 is 0.946 bits per heavy atom. The van der Waals surface area contributed by atoms with Crippen LogP contribution in [0.4, 0.5) is 20.2 Å². The molecule has 4 N–H and O–H groups in total. The van der Waals surface area contributed by atoms with E-state index in [9.17, 15) is 44.8 Å². The van der Waals surface area contributed by atoms with E-state index in [0.29, 0.717) is 44.1 Å². The molecule has 4 aromatic carbocycles. The molecule has 0 saturated heterocycles. The Morgan fingerprint density at radius 1 is 0.568 bits per heavy atom. The largest absolute Gasteiger partial charge is 0.480 e. The third-order valence-electron chi connectivity index (χ3n) is 11.5. The fourth-order valence-corrected chi connectivity index (χ4v) is 9.86. The van der Waals surface area contributed by atoms with E-state index in [-0.39, 0.29) is 59.2 Å². The maximum atomic E-state index is 14.2. The predicted molar refractivity (Wildman–Crippen MR) is 272 cm³/mol. The normalized spacial score (nSPS) is 12.2. The number of anilines is 2. The molecule has 384 valence electrons. The Kier molecular flexibility index (Phi) is 16.1. The molecule has 0 saturated carbocycles. The van der Waals surface area contributed by atoms with Gasteiger partial charge in [0.2, 0.25) is 23.6 Å². The molecule has 0 spiro atoms. The monoisotopic (exact) mass is 1050 g/mol. The van der Waals surface area contributed by atoms with Gasteiger partial charge in [-0.1, -0.05) is 50.2 Å². The minimum Gasteiger partial charge on any atom is -0.480 e. The van der Waals surface area contributed by atoms with Gasteiger partial charge in [-0.25, -0.2) is 45.6 Å². The molecule has 0 radical (unpaired) electrons. The van der Waals surface area contributed by atoms with E-state index < -0.39 is 53.3 Å². The Hall–Kier alpha value is -8.64.